The second-order valence-corrected chi connectivity index (χ2v) is 9.15. The third-order valence-corrected chi connectivity index (χ3v) is 7.08. The second-order valence-electron chi connectivity index (χ2n) is 9.15. The molecule has 4 atom stereocenters. The number of nitro groups is 1. The lowest BCUT2D eigenvalue weighted by atomic mass is 9.44. The summed E-state index contributed by atoms with van der Waals surface area (Å²) in [7, 11) is 0. The zero-order valence-electron chi connectivity index (χ0n) is 17.5. The van der Waals surface area contributed by atoms with Gasteiger partial charge in [-0.2, -0.15) is 0 Å². The van der Waals surface area contributed by atoms with Gasteiger partial charge in [0, 0.05) is 30.2 Å². The number of carboxylic acid groups (broad SMARTS) is 1. The van der Waals surface area contributed by atoms with E-state index in [1.165, 1.54) is 24.3 Å². The maximum absolute atomic E-state index is 12.8. The van der Waals surface area contributed by atoms with Crippen LogP contribution in [0.15, 0.2) is 36.4 Å². The summed E-state index contributed by atoms with van der Waals surface area (Å²) in [6.07, 6.45) is 8.78. The number of carboxylic acids is 1. The maximum atomic E-state index is 12.8. The zero-order chi connectivity index (χ0) is 21.9. The maximum Gasteiger partial charge on any atom is 0.303 e. The molecule has 7 nitrogen and oxygen atoms in total. The van der Waals surface area contributed by atoms with E-state index < -0.39 is 10.9 Å². The molecule has 0 aliphatic heterocycles. The minimum Gasteiger partial charge on any atom is -0.481 e. The summed E-state index contributed by atoms with van der Waals surface area (Å²) in [5.74, 6) is 0.474. The van der Waals surface area contributed by atoms with E-state index in [1.54, 1.807) is 0 Å². The Bertz CT molecular complexity index is 831. The van der Waals surface area contributed by atoms with Crippen molar-refractivity contribution >= 4 is 17.6 Å². The number of rotatable bonds is 9. The fraction of sp³-hybridized carbons (Fsp3) is 0.565. The Morgan fingerprint density at radius 3 is 2.53 bits per heavy atom. The molecule has 3 aliphatic carbocycles. The van der Waals surface area contributed by atoms with Crippen LogP contribution in [0.5, 0.6) is 0 Å². The molecule has 1 amide bonds. The van der Waals surface area contributed by atoms with E-state index in [-0.39, 0.29) is 29.5 Å². The fourth-order valence-electron chi connectivity index (χ4n) is 5.10. The van der Waals surface area contributed by atoms with E-state index in [1.807, 2.05) is 6.08 Å². The SMILES string of the molecule is CC1(C)[C@H]2C[C@H](C/C=C/CCCC(=O)O)[C@@H](NC(=O)c3ccc([N+](=O)[O-])cc3)[C@@H]1C2. The summed E-state index contributed by atoms with van der Waals surface area (Å²) in [4.78, 5) is 33.8. The van der Waals surface area contributed by atoms with Crippen molar-refractivity contribution in [1.82, 2.24) is 5.32 Å². The van der Waals surface area contributed by atoms with Crippen LogP contribution in [0.4, 0.5) is 5.69 Å². The average Bonchev–Trinajstić information content (AvgIpc) is 2.70. The van der Waals surface area contributed by atoms with Crippen molar-refractivity contribution in [2.75, 3.05) is 0 Å². The van der Waals surface area contributed by atoms with Crippen molar-refractivity contribution in [3.63, 3.8) is 0 Å². The lowest BCUT2D eigenvalue weighted by molar-refractivity contribution is -0.384. The number of nitrogens with one attached hydrogen (secondary N) is 1. The summed E-state index contributed by atoms with van der Waals surface area (Å²) in [6.45, 7) is 4.55. The number of aliphatic carboxylic acids is 1. The summed E-state index contributed by atoms with van der Waals surface area (Å²) >= 11 is 0. The van der Waals surface area contributed by atoms with Crippen molar-refractivity contribution < 1.29 is 19.6 Å². The Labute approximate surface area is 176 Å². The first-order valence-electron chi connectivity index (χ1n) is 10.6. The number of unbranched alkanes of at least 4 members (excludes halogenated alkanes) is 1. The summed E-state index contributed by atoms with van der Waals surface area (Å²) in [5.41, 5.74) is 0.607. The number of allylic oxidation sites excluding steroid dienone is 2. The Kier molecular flexibility index (Phi) is 6.58. The minimum atomic E-state index is -0.771. The van der Waals surface area contributed by atoms with Gasteiger partial charge in [-0.05, 0) is 67.4 Å². The standard InChI is InChI=1S/C23H30N2O5/c1-23(2)17-13-16(7-5-3-4-6-8-20(26)27)21(19(23)14-17)24-22(28)15-9-11-18(12-10-15)25(29)30/h3,5,9-12,16-17,19,21H,4,6-8,13-14H2,1-2H3,(H,24,28)(H,26,27)/b5-3+/t16-,17-,19-,21+/m0/s1. The molecule has 0 aromatic heterocycles. The van der Waals surface area contributed by atoms with Crippen molar-refractivity contribution in [2.24, 2.45) is 23.2 Å². The van der Waals surface area contributed by atoms with Crippen molar-refractivity contribution in [3.05, 3.63) is 52.1 Å². The Morgan fingerprint density at radius 1 is 1.23 bits per heavy atom. The third kappa shape index (κ3) is 4.71. The van der Waals surface area contributed by atoms with E-state index in [0.29, 0.717) is 29.7 Å². The molecule has 0 heterocycles. The molecular formula is C23H30N2O5. The van der Waals surface area contributed by atoms with Crippen molar-refractivity contribution in [1.29, 1.82) is 0 Å². The molecular weight excluding hydrogens is 384 g/mol. The number of benzene rings is 1. The number of nitro benzene ring substituents is 1. The highest BCUT2D eigenvalue weighted by molar-refractivity contribution is 5.94. The molecule has 3 saturated carbocycles. The van der Waals surface area contributed by atoms with Gasteiger partial charge in [0.05, 0.1) is 4.92 Å². The topological polar surface area (TPSA) is 110 Å². The van der Waals surface area contributed by atoms with E-state index in [2.05, 4.69) is 25.2 Å². The second kappa shape index (κ2) is 8.98. The van der Waals surface area contributed by atoms with Gasteiger partial charge in [-0.1, -0.05) is 26.0 Å². The summed E-state index contributed by atoms with van der Waals surface area (Å²) in [5, 5.41) is 22.8. The highest BCUT2D eigenvalue weighted by Crippen LogP contribution is 2.61. The number of amides is 1. The Hall–Kier alpha value is -2.70. The van der Waals surface area contributed by atoms with E-state index in [4.69, 9.17) is 5.11 Å². The van der Waals surface area contributed by atoms with Crippen LogP contribution in [-0.4, -0.2) is 27.9 Å². The average molecular weight is 415 g/mol. The molecule has 2 N–H and O–H groups in total. The van der Waals surface area contributed by atoms with Crippen LogP contribution in [-0.2, 0) is 4.79 Å². The van der Waals surface area contributed by atoms with E-state index in [0.717, 1.165) is 25.7 Å². The number of hydrogen-bond acceptors (Lipinski definition) is 4. The van der Waals surface area contributed by atoms with Gasteiger partial charge < -0.3 is 10.4 Å². The van der Waals surface area contributed by atoms with Gasteiger partial charge in [0.15, 0.2) is 0 Å². The number of nitrogens with zero attached hydrogens (tertiary/aromatic N) is 1. The van der Waals surface area contributed by atoms with Crippen LogP contribution in [0.1, 0.15) is 62.7 Å². The first kappa shape index (κ1) is 22.0. The molecule has 4 rings (SSSR count). The van der Waals surface area contributed by atoms with Crippen LogP contribution in [0.25, 0.3) is 0 Å². The predicted molar refractivity (Wildman–Crippen MR) is 113 cm³/mol. The number of carbonyl (C=O) groups is 2. The van der Waals surface area contributed by atoms with Gasteiger partial charge in [-0.3, -0.25) is 19.7 Å². The molecule has 0 saturated heterocycles. The van der Waals surface area contributed by atoms with Crippen LogP contribution in [0.3, 0.4) is 0 Å². The van der Waals surface area contributed by atoms with Crippen LogP contribution < -0.4 is 5.32 Å². The lowest BCUT2D eigenvalue weighted by Crippen LogP contribution is -2.63. The molecule has 0 unspecified atom stereocenters. The molecule has 30 heavy (non-hydrogen) atoms. The van der Waals surface area contributed by atoms with Crippen LogP contribution >= 0.6 is 0 Å². The summed E-state index contributed by atoms with van der Waals surface area (Å²) < 4.78 is 0. The molecule has 1 aromatic rings. The van der Waals surface area contributed by atoms with Gasteiger partial charge in [0.25, 0.3) is 11.6 Å². The zero-order valence-corrected chi connectivity index (χ0v) is 17.5. The number of fused-ring (bicyclic) bond motifs is 2. The van der Waals surface area contributed by atoms with Crippen LogP contribution in [0, 0.1) is 33.3 Å². The molecule has 1 aromatic carbocycles. The van der Waals surface area contributed by atoms with Gasteiger partial charge >= 0.3 is 5.97 Å². The fourth-order valence-corrected chi connectivity index (χ4v) is 5.10. The molecule has 0 radical (unpaired) electrons. The summed E-state index contributed by atoms with van der Waals surface area (Å²) in [6, 6.07) is 5.79. The molecule has 0 spiro atoms. The normalized spacial score (nSPS) is 26.7. The molecule has 162 valence electrons. The van der Waals surface area contributed by atoms with E-state index in [9.17, 15) is 19.7 Å². The molecule has 7 heteroatoms. The Balaban J connectivity index is 1.63. The molecule has 2 bridgehead atoms. The smallest absolute Gasteiger partial charge is 0.303 e. The van der Waals surface area contributed by atoms with Gasteiger partial charge in [-0.15, -0.1) is 0 Å². The van der Waals surface area contributed by atoms with Gasteiger partial charge in [0.2, 0.25) is 0 Å². The first-order chi connectivity index (χ1) is 14.2. The van der Waals surface area contributed by atoms with Crippen molar-refractivity contribution in [2.45, 2.75) is 58.4 Å². The Morgan fingerprint density at radius 2 is 1.93 bits per heavy atom. The van der Waals surface area contributed by atoms with Crippen molar-refractivity contribution in [3.8, 4) is 0 Å². The van der Waals surface area contributed by atoms with E-state index >= 15 is 0 Å². The third-order valence-electron chi connectivity index (χ3n) is 7.08. The first-order valence-corrected chi connectivity index (χ1v) is 10.6. The minimum absolute atomic E-state index is 0.0295. The molecule has 3 aliphatic rings. The van der Waals surface area contributed by atoms with Crippen LogP contribution in [0.2, 0.25) is 0 Å². The largest absolute Gasteiger partial charge is 0.481 e. The predicted octanol–water partition coefficient (Wildman–Crippen LogP) is 4.58. The molecule has 3 fully saturated rings. The van der Waals surface area contributed by atoms with Gasteiger partial charge in [-0.25, -0.2) is 0 Å². The number of carbonyl (C=O) groups excluding carboxylic acids is 1. The van der Waals surface area contributed by atoms with Gasteiger partial charge in [0.1, 0.15) is 0 Å². The number of non-ortho nitro benzene ring substituents is 1. The number of hydrogen-bond donors (Lipinski definition) is 2. The highest BCUT2D eigenvalue weighted by atomic mass is 16.6. The lowest BCUT2D eigenvalue weighted by Gasteiger charge is -2.62. The monoisotopic (exact) mass is 414 g/mol. The quantitative estimate of drug-likeness (QED) is 0.266. The highest BCUT2D eigenvalue weighted by Gasteiger charge is 2.57.